The van der Waals surface area contributed by atoms with Crippen LogP contribution < -0.4 is 5.43 Å². The van der Waals surface area contributed by atoms with Crippen LogP contribution in [-0.4, -0.2) is 25.5 Å². The van der Waals surface area contributed by atoms with Gasteiger partial charge in [0.25, 0.3) is 0 Å². The zero-order chi connectivity index (χ0) is 18.0. The van der Waals surface area contributed by atoms with Crippen molar-refractivity contribution < 1.29 is 4.39 Å². The van der Waals surface area contributed by atoms with Gasteiger partial charge in [-0.05, 0) is 51.5 Å². The van der Waals surface area contributed by atoms with Gasteiger partial charge < -0.3 is 0 Å². The summed E-state index contributed by atoms with van der Waals surface area (Å²) in [6, 6.07) is 9.95. The smallest absolute Gasteiger partial charge is 0.159 e. The monoisotopic (exact) mass is 338 g/mol. The van der Waals surface area contributed by atoms with Gasteiger partial charge in [0.05, 0.1) is 11.4 Å². The van der Waals surface area contributed by atoms with Crippen LogP contribution in [0, 0.1) is 26.6 Å². The van der Waals surface area contributed by atoms with Crippen molar-refractivity contribution in [2.75, 3.05) is 5.43 Å². The van der Waals surface area contributed by atoms with Crippen LogP contribution in [0.2, 0.25) is 0 Å². The van der Waals surface area contributed by atoms with Gasteiger partial charge in [0.2, 0.25) is 0 Å². The Hall–Kier alpha value is -3.09. The Labute approximate surface area is 145 Å². The Morgan fingerprint density at radius 1 is 1.08 bits per heavy atom. The van der Waals surface area contributed by atoms with Crippen LogP contribution in [0.25, 0.3) is 5.82 Å². The van der Waals surface area contributed by atoms with E-state index in [2.05, 4.69) is 25.6 Å². The molecule has 7 heteroatoms. The zero-order valence-electron chi connectivity index (χ0n) is 14.6. The first kappa shape index (κ1) is 16.8. The number of hydrogen-bond donors (Lipinski definition) is 1. The van der Waals surface area contributed by atoms with Gasteiger partial charge in [0.15, 0.2) is 11.6 Å². The molecule has 3 aromatic rings. The van der Waals surface area contributed by atoms with Crippen molar-refractivity contribution in [1.29, 1.82) is 0 Å². The van der Waals surface area contributed by atoms with E-state index in [0.29, 0.717) is 17.5 Å². The fraction of sp³-hybridized carbons (Fsp3) is 0.222. The molecule has 0 radical (unpaired) electrons. The maximum Gasteiger partial charge on any atom is 0.159 e. The van der Waals surface area contributed by atoms with Crippen molar-refractivity contribution in [2.24, 2.45) is 5.10 Å². The van der Waals surface area contributed by atoms with Crippen molar-refractivity contribution in [3.8, 4) is 5.82 Å². The topological polar surface area (TPSA) is 68.0 Å². The quantitative estimate of drug-likeness (QED) is 0.583. The minimum Gasteiger partial charge on any atom is -0.261 e. The van der Waals surface area contributed by atoms with Crippen LogP contribution in [0.1, 0.15) is 29.7 Å². The van der Waals surface area contributed by atoms with Crippen LogP contribution in [0.4, 0.5) is 10.2 Å². The van der Waals surface area contributed by atoms with E-state index in [-0.39, 0.29) is 5.82 Å². The molecule has 1 aromatic carbocycles. The third kappa shape index (κ3) is 3.88. The molecule has 2 heterocycles. The maximum atomic E-state index is 13.0. The molecule has 25 heavy (non-hydrogen) atoms. The zero-order valence-corrected chi connectivity index (χ0v) is 14.6. The average molecular weight is 338 g/mol. The van der Waals surface area contributed by atoms with Crippen LogP contribution >= 0.6 is 0 Å². The molecule has 1 N–H and O–H groups in total. The van der Waals surface area contributed by atoms with Crippen molar-refractivity contribution in [2.45, 2.75) is 27.7 Å². The van der Waals surface area contributed by atoms with Gasteiger partial charge >= 0.3 is 0 Å². The predicted molar refractivity (Wildman–Crippen MR) is 95.6 cm³/mol. The largest absolute Gasteiger partial charge is 0.261 e. The van der Waals surface area contributed by atoms with E-state index in [1.807, 2.05) is 33.8 Å². The lowest BCUT2D eigenvalue weighted by molar-refractivity contribution is 0.628. The van der Waals surface area contributed by atoms with Gasteiger partial charge in [0.1, 0.15) is 11.6 Å². The molecule has 0 aliphatic rings. The molecular weight excluding hydrogens is 319 g/mol. The number of aromatic nitrogens is 4. The van der Waals surface area contributed by atoms with Crippen molar-refractivity contribution in [1.82, 2.24) is 19.7 Å². The van der Waals surface area contributed by atoms with E-state index in [1.54, 1.807) is 22.9 Å². The number of benzene rings is 1. The molecule has 0 saturated carbocycles. The summed E-state index contributed by atoms with van der Waals surface area (Å²) in [5, 5.41) is 8.76. The van der Waals surface area contributed by atoms with Gasteiger partial charge in [-0.2, -0.15) is 10.2 Å². The van der Waals surface area contributed by atoms with E-state index >= 15 is 0 Å². The second kappa shape index (κ2) is 6.80. The highest BCUT2D eigenvalue weighted by Gasteiger charge is 2.08. The second-order valence-electron chi connectivity index (χ2n) is 5.81. The molecule has 0 atom stereocenters. The Balaban J connectivity index is 1.87. The molecule has 0 fully saturated rings. The number of aryl methyl sites for hydroxylation is 3. The van der Waals surface area contributed by atoms with Crippen molar-refractivity contribution in [3.05, 3.63) is 65.0 Å². The van der Waals surface area contributed by atoms with Crippen molar-refractivity contribution in [3.63, 3.8) is 0 Å². The lowest BCUT2D eigenvalue weighted by Gasteiger charge is -2.08. The molecular formula is C18H19FN6. The van der Waals surface area contributed by atoms with Crippen LogP contribution in [-0.2, 0) is 0 Å². The Bertz CT molecular complexity index is 927. The fourth-order valence-electron chi connectivity index (χ4n) is 2.48. The number of nitrogens with one attached hydrogen (secondary N) is 1. The van der Waals surface area contributed by atoms with E-state index in [4.69, 9.17) is 0 Å². The predicted octanol–water partition coefficient (Wildman–Crippen LogP) is 3.56. The number of anilines is 1. The Morgan fingerprint density at radius 3 is 2.44 bits per heavy atom. The summed E-state index contributed by atoms with van der Waals surface area (Å²) in [6.45, 7) is 7.57. The summed E-state index contributed by atoms with van der Waals surface area (Å²) in [5.41, 5.74) is 6.41. The van der Waals surface area contributed by atoms with Crippen LogP contribution in [0.5, 0.6) is 0 Å². The number of hydrogen-bond acceptors (Lipinski definition) is 5. The molecule has 0 aliphatic carbocycles. The molecule has 0 aliphatic heterocycles. The maximum absolute atomic E-state index is 13.0. The summed E-state index contributed by atoms with van der Waals surface area (Å²) >= 11 is 0. The number of halogens is 1. The van der Waals surface area contributed by atoms with Gasteiger partial charge in [-0.3, -0.25) is 5.43 Å². The third-order valence-electron chi connectivity index (χ3n) is 3.65. The SMILES string of the molecule is C/C(=N/Nc1cc(-n2nc(C)cc2C)nc(C)n1)c1ccc(F)cc1. The van der Waals surface area contributed by atoms with E-state index in [9.17, 15) is 4.39 Å². The van der Waals surface area contributed by atoms with E-state index in [0.717, 1.165) is 22.7 Å². The van der Waals surface area contributed by atoms with E-state index < -0.39 is 0 Å². The van der Waals surface area contributed by atoms with Gasteiger partial charge in [-0.25, -0.2) is 19.0 Å². The molecule has 6 nitrogen and oxygen atoms in total. The first-order valence-electron chi connectivity index (χ1n) is 7.88. The minimum absolute atomic E-state index is 0.273. The molecule has 0 unspecified atom stereocenters. The normalized spacial score (nSPS) is 11.6. The summed E-state index contributed by atoms with van der Waals surface area (Å²) < 4.78 is 14.8. The first-order chi connectivity index (χ1) is 11.9. The van der Waals surface area contributed by atoms with Crippen LogP contribution in [0.3, 0.4) is 0 Å². The lowest BCUT2D eigenvalue weighted by Crippen LogP contribution is -2.07. The number of nitrogens with zero attached hydrogens (tertiary/aromatic N) is 5. The Kier molecular flexibility index (Phi) is 4.56. The number of hydrazone groups is 1. The molecule has 0 spiro atoms. The Morgan fingerprint density at radius 2 is 1.80 bits per heavy atom. The molecule has 0 amide bonds. The molecule has 0 bridgehead atoms. The lowest BCUT2D eigenvalue weighted by atomic mass is 10.1. The fourth-order valence-corrected chi connectivity index (χ4v) is 2.48. The molecule has 128 valence electrons. The standard InChI is InChI=1S/C18H19FN6/c1-11-9-12(2)25(24-11)18-10-17(20-14(4)21-18)23-22-13(3)15-5-7-16(19)8-6-15/h5-10H,1-4H3,(H,20,21,23)/b22-13-. The summed E-state index contributed by atoms with van der Waals surface area (Å²) in [7, 11) is 0. The second-order valence-corrected chi connectivity index (χ2v) is 5.81. The summed E-state index contributed by atoms with van der Waals surface area (Å²) in [4.78, 5) is 8.78. The highest BCUT2D eigenvalue weighted by atomic mass is 19.1. The number of rotatable bonds is 4. The van der Waals surface area contributed by atoms with Gasteiger partial charge in [-0.15, -0.1) is 0 Å². The highest BCUT2D eigenvalue weighted by Crippen LogP contribution is 2.14. The van der Waals surface area contributed by atoms with Crippen LogP contribution in [0.15, 0.2) is 41.5 Å². The summed E-state index contributed by atoms with van der Waals surface area (Å²) in [5.74, 6) is 1.58. The molecule has 2 aromatic heterocycles. The first-order valence-corrected chi connectivity index (χ1v) is 7.88. The van der Waals surface area contributed by atoms with E-state index in [1.165, 1.54) is 12.1 Å². The molecule has 0 saturated heterocycles. The third-order valence-corrected chi connectivity index (χ3v) is 3.65. The van der Waals surface area contributed by atoms with Gasteiger partial charge in [-0.1, -0.05) is 12.1 Å². The minimum atomic E-state index is -0.273. The van der Waals surface area contributed by atoms with Crippen molar-refractivity contribution >= 4 is 11.5 Å². The summed E-state index contributed by atoms with van der Waals surface area (Å²) in [6.07, 6.45) is 0. The average Bonchev–Trinajstić information content (AvgIpc) is 2.91. The highest BCUT2D eigenvalue weighted by molar-refractivity contribution is 5.98. The van der Waals surface area contributed by atoms with Gasteiger partial charge in [0, 0.05) is 11.8 Å². The molecule has 3 rings (SSSR count).